The van der Waals surface area contributed by atoms with Gasteiger partial charge in [0.1, 0.15) is 12.1 Å². The SMILES string of the molecule is CC(=O)N1C[C@H](c2ccc(OC(F)F)c(OCC3CC3)c2)C[C@]1(C)C(=O)OCc1ccc2c(c1)C(=O)NC2. The molecule has 202 valence electrons. The first kappa shape index (κ1) is 25.9. The van der Waals surface area contributed by atoms with Crippen LogP contribution in [0, 0.1) is 5.92 Å². The van der Waals surface area contributed by atoms with E-state index in [1.165, 1.54) is 17.9 Å². The summed E-state index contributed by atoms with van der Waals surface area (Å²) in [6.45, 7) is 1.21. The van der Waals surface area contributed by atoms with Gasteiger partial charge in [0, 0.05) is 31.5 Å². The van der Waals surface area contributed by atoms with Gasteiger partial charge < -0.3 is 24.4 Å². The Kier molecular flexibility index (Phi) is 6.98. The number of nitrogens with zero attached hydrogens (tertiary/aromatic N) is 1. The molecular formula is C28H30F2N2O6. The number of hydrogen-bond acceptors (Lipinski definition) is 6. The number of hydrogen-bond donors (Lipinski definition) is 1. The maximum atomic E-state index is 13.3. The zero-order valence-electron chi connectivity index (χ0n) is 21.3. The van der Waals surface area contributed by atoms with Crippen LogP contribution < -0.4 is 14.8 Å². The molecule has 3 aliphatic rings. The molecular weight excluding hydrogens is 498 g/mol. The van der Waals surface area contributed by atoms with Crippen molar-refractivity contribution < 1.29 is 37.4 Å². The van der Waals surface area contributed by atoms with Crippen LogP contribution in [0.4, 0.5) is 8.78 Å². The third kappa shape index (κ3) is 5.30. The van der Waals surface area contributed by atoms with Crippen molar-refractivity contribution in [2.75, 3.05) is 13.2 Å². The molecule has 2 heterocycles. The lowest BCUT2D eigenvalue weighted by Gasteiger charge is -2.32. The molecule has 10 heteroatoms. The van der Waals surface area contributed by atoms with Crippen LogP contribution >= 0.6 is 0 Å². The highest BCUT2D eigenvalue weighted by Gasteiger charge is 2.50. The Bertz CT molecular complexity index is 1260. The van der Waals surface area contributed by atoms with Gasteiger partial charge in [-0.1, -0.05) is 18.2 Å². The molecule has 5 rings (SSSR count). The molecule has 2 aromatic rings. The van der Waals surface area contributed by atoms with Crippen molar-refractivity contribution in [3.05, 3.63) is 58.7 Å². The Hall–Kier alpha value is -3.69. The first-order valence-corrected chi connectivity index (χ1v) is 12.7. The number of likely N-dealkylation sites (tertiary alicyclic amines) is 1. The van der Waals surface area contributed by atoms with Gasteiger partial charge in [0.25, 0.3) is 5.91 Å². The van der Waals surface area contributed by atoms with Gasteiger partial charge in [-0.05, 0) is 67.0 Å². The van der Waals surface area contributed by atoms with Gasteiger partial charge in [-0.2, -0.15) is 8.78 Å². The number of esters is 1. The number of fused-ring (bicyclic) bond motifs is 1. The number of carbonyl (C=O) groups excluding carboxylic acids is 3. The van der Waals surface area contributed by atoms with Crippen molar-refractivity contribution in [1.82, 2.24) is 10.2 Å². The van der Waals surface area contributed by atoms with E-state index in [0.717, 1.165) is 24.0 Å². The highest BCUT2D eigenvalue weighted by molar-refractivity contribution is 5.98. The molecule has 0 aromatic heterocycles. The molecule has 1 N–H and O–H groups in total. The van der Waals surface area contributed by atoms with Crippen LogP contribution in [0.15, 0.2) is 36.4 Å². The summed E-state index contributed by atoms with van der Waals surface area (Å²) >= 11 is 0. The maximum absolute atomic E-state index is 13.3. The third-order valence-corrected chi connectivity index (χ3v) is 7.52. The van der Waals surface area contributed by atoms with Gasteiger partial charge in [0.2, 0.25) is 5.91 Å². The minimum Gasteiger partial charge on any atom is -0.489 e. The fourth-order valence-corrected chi connectivity index (χ4v) is 5.20. The molecule has 2 amide bonds. The number of benzene rings is 2. The number of halogens is 2. The molecule has 0 bridgehead atoms. The zero-order chi connectivity index (χ0) is 27.0. The smallest absolute Gasteiger partial charge is 0.387 e. The van der Waals surface area contributed by atoms with Crippen LogP contribution in [-0.2, 0) is 27.5 Å². The van der Waals surface area contributed by atoms with Crippen LogP contribution in [0.25, 0.3) is 0 Å². The van der Waals surface area contributed by atoms with E-state index in [9.17, 15) is 23.2 Å². The van der Waals surface area contributed by atoms with Crippen LogP contribution in [0.1, 0.15) is 66.1 Å². The molecule has 1 saturated heterocycles. The molecule has 2 aromatic carbocycles. The predicted octanol–water partition coefficient (Wildman–Crippen LogP) is 4.16. The molecule has 1 aliphatic carbocycles. The fraction of sp³-hybridized carbons (Fsp3) is 0.464. The zero-order valence-corrected chi connectivity index (χ0v) is 21.3. The van der Waals surface area contributed by atoms with Gasteiger partial charge in [0.15, 0.2) is 11.5 Å². The van der Waals surface area contributed by atoms with E-state index in [-0.39, 0.29) is 48.8 Å². The fourth-order valence-electron chi connectivity index (χ4n) is 5.20. The van der Waals surface area contributed by atoms with Crippen molar-refractivity contribution in [2.24, 2.45) is 5.92 Å². The van der Waals surface area contributed by atoms with Gasteiger partial charge in [-0.3, -0.25) is 9.59 Å². The minimum absolute atomic E-state index is 0.0375. The first-order chi connectivity index (χ1) is 18.1. The van der Waals surface area contributed by atoms with Crippen molar-refractivity contribution in [3.8, 4) is 11.5 Å². The quantitative estimate of drug-likeness (QED) is 0.492. The Labute approximate surface area is 219 Å². The topological polar surface area (TPSA) is 94.2 Å². The van der Waals surface area contributed by atoms with Crippen LogP contribution in [0.2, 0.25) is 0 Å². The van der Waals surface area contributed by atoms with E-state index in [2.05, 4.69) is 10.1 Å². The number of amides is 2. The van der Waals surface area contributed by atoms with Crippen LogP contribution in [0.5, 0.6) is 11.5 Å². The average molecular weight is 529 g/mol. The lowest BCUT2D eigenvalue weighted by Crippen LogP contribution is -2.50. The Balaban J connectivity index is 1.32. The van der Waals surface area contributed by atoms with E-state index < -0.39 is 18.1 Å². The molecule has 0 unspecified atom stereocenters. The number of nitrogens with one attached hydrogen (secondary N) is 1. The van der Waals surface area contributed by atoms with Crippen LogP contribution in [-0.4, -0.2) is 48.0 Å². The highest BCUT2D eigenvalue weighted by Crippen LogP contribution is 2.43. The Morgan fingerprint density at radius 3 is 2.66 bits per heavy atom. The second-order valence-corrected chi connectivity index (χ2v) is 10.4. The summed E-state index contributed by atoms with van der Waals surface area (Å²) < 4.78 is 41.9. The van der Waals surface area contributed by atoms with Crippen molar-refractivity contribution in [3.63, 3.8) is 0 Å². The molecule has 38 heavy (non-hydrogen) atoms. The summed E-state index contributed by atoms with van der Waals surface area (Å²) in [5.74, 6) is -0.643. The number of alkyl halides is 2. The highest BCUT2D eigenvalue weighted by atomic mass is 19.3. The largest absolute Gasteiger partial charge is 0.489 e. The van der Waals surface area contributed by atoms with Crippen molar-refractivity contribution >= 4 is 17.8 Å². The second-order valence-electron chi connectivity index (χ2n) is 10.4. The first-order valence-electron chi connectivity index (χ1n) is 12.7. The van der Waals surface area contributed by atoms with E-state index in [1.807, 2.05) is 6.07 Å². The average Bonchev–Trinajstić information content (AvgIpc) is 3.54. The molecule has 2 atom stereocenters. The Morgan fingerprint density at radius 2 is 1.95 bits per heavy atom. The third-order valence-electron chi connectivity index (χ3n) is 7.52. The van der Waals surface area contributed by atoms with Gasteiger partial charge in [-0.15, -0.1) is 0 Å². The summed E-state index contributed by atoms with van der Waals surface area (Å²) in [4.78, 5) is 39.3. The second kappa shape index (κ2) is 10.2. The van der Waals surface area contributed by atoms with Gasteiger partial charge in [-0.25, -0.2) is 4.79 Å². The molecule has 1 saturated carbocycles. The molecule has 0 radical (unpaired) electrons. The normalized spacial score (nSPS) is 22.3. The maximum Gasteiger partial charge on any atom is 0.387 e. The summed E-state index contributed by atoms with van der Waals surface area (Å²) in [5.41, 5.74) is 1.66. The van der Waals surface area contributed by atoms with E-state index in [4.69, 9.17) is 9.47 Å². The number of carbonyl (C=O) groups is 3. The summed E-state index contributed by atoms with van der Waals surface area (Å²) in [6.07, 6.45) is 2.37. The standard InChI is InChI=1S/C28H30F2N2O6/c1-16(33)32-13-21(19-7-8-23(38-27(29)30)24(10-19)36-14-17-3-4-17)11-28(32,2)26(35)37-15-18-5-6-20-12-31-25(34)22(20)9-18/h5-10,17,21,27H,3-4,11-15H2,1-2H3,(H,31,34)/t21-,28-/m1/s1. The lowest BCUT2D eigenvalue weighted by atomic mass is 9.89. The molecule has 8 nitrogen and oxygen atoms in total. The monoisotopic (exact) mass is 528 g/mol. The lowest BCUT2D eigenvalue weighted by molar-refractivity contribution is -0.161. The van der Waals surface area contributed by atoms with Gasteiger partial charge >= 0.3 is 12.6 Å². The number of rotatable bonds is 9. The van der Waals surface area contributed by atoms with E-state index in [1.54, 1.807) is 31.2 Å². The Morgan fingerprint density at radius 1 is 1.16 bits per heavy atom. The van der Waals surface area contributed by atoms with E-state index >= 15 is 0 Å². The number of ether oxygens (including phenoxy) is 3. The van der Waals surface area contributed by atoms with Crippen molar-refractivity contribution in [1.29, 1.82) is 0 Å². The summed E-state index contributed by atoms with van der Waals surface area (Å²) in [5, 5.41) is 2.75. The molecule has 2 aliphatic heterocycles. The van der Waals surface area contributed by atoms with Crippen molar-refractivity contribution in [2.45, 2.75) is 64.3 Å². The molecule has 2 fully saturated rings. The predicted molar refractivity (Wildman–Crippen MR) is 132 cm³/mol. The summed E-state index contributed by atoms with van der Waals surface area (Å²) in [7, 11) is 0. The molecule has 0 spiro atoms. The van der Waals surface area contributed by atoms with Gasteiger partial charge in [0.05, 0.1) is 6.61 Å². The van der Waals surface area contributed by atoms with Crippen LogP contribution in [0.3, 0.4) is 0 Å². The van der Waals surface area contributed by atoms with E-state index in [0.29, 0.717) is 30.2 Å². The summed E-state index contributed by atoms with van der Waals surface area (Å²) in [6, 6.07) is 10.1. The minimum atomic E-state index is -2.98.